The van der Waals surface area contributed by atoms with Crippen molar-refractivity contribution in [2.75, 3.05) is 20.2 Å². The van der Waals surface area contributed by atoms with Crippen LogP contribution in [-0.4, -0.2) is 37.0 Å². The van der Waals surface area contributed by atoms with Gasteiger partial charge in [0.05, 0.1) is 7.11 Å². The topological polar surface area (TPSA) is 41.6 Å². The summed E-state index contributed by atoms with van der Waals surface area (Å²) >= 11 is 3.59. The van der Waals surface area contributed by atoms with Gasteiger partial charge in [0.25, 0.3) is 0 Å². The van der Waals surface area contributed by atoms with E-state index in [1.54, 1.807) is 14.0 Å². The molecule has 1 fully saturated rings. The molecule has 0 aromatic heterocycles. The predicted molar refractivity (Wildman–Crippen MR) is 82.8 cm³/mol. The molecule has 1 heterocycles. The molecule has 5 heteroatoms. The molecule has 1 aromatic carbocycles. The Hall–Kier alpha value is -1.07. The molecular weight excluding hydrogens is 320 g/mol. The number of carbonyl (C=O) groups excluding carboxylic acids is 1. The summed E-state index contributed by atoms with van der Waals surface area (Å²) in [5.74, 6) is 0.954. The van der Waals surface area contributed by atoms with E-state index >= 15 is 0 Å². The van der Waals surface area contributed by atoms with Gasteiger partial charge in [0, 0.05) is 37.1 Å². The summed E-state index contributed by atoms with van der Waals surface area (Å²) in [6.45, 7) is 4.51. The van der Waals surface area contributed by atoms with Gasteiger partial charge in [-0.2, -0.15) is 0 Å². The fourth-order valence-electron chi connectivity index (χ4n) is 2.56. The van der Waals surface area contributed by atoms with Crippen LogP contribution in [0, 0.1) is 0 Å². The second-order valence-corrected chi connectivity index (χ2v) is 6.06. The van der Waals surface area contributed by atoms with Gasteiger partial charge in [0.1, 0.15) is 5.75 Å². The molecule has 0 unspecified atom stereocenters. The number of nitrogens with zero attached hydrogens (tertiary/aromatic N) is 1. The minimum absolute atomic E-state index is 0.0685. The molecule has 1 N–H and O–H groups in total. The van der Waals surface area contributed by atoms with E-state index < -0.39 is 0 Å². The minimum Gasteiger partial charge on any atom is -0.497 e. The number of nitrogens with one attached hydrogen (secondary N) is 1. The highest BCUT2D eigenvalue weighted by molar-refractivity contribution is 9.10. The molecule has 0 radical (unpaired) electrons. The lowest BCUT2D eigenvalue weighted by Gasteiger charge is -2.32. The van der Waals surface area contributed by atoms with Gasteiger partial charge in [-0.15, -0.1) is 0 Å². The van der Waals surface area contributed by atoms with E-state index in [1.165, 1.54) is 5.56 Å². The summed E-state index contributed by atoms with van der Waals surface area (Å²) in [5, 5.41) is 3.00. The lowest BCUT2D eigenvalue weighted by atomic mass is 10.0. The third kappa shape index (κ3) is 4.21. The zero-order valence-corrected chi connectivity index (χ0v) is 13.6. The van der Waals surface area contributed by atoms with Crippen LogP contribution >= 0.6 is 15.9 Å². The van der Waals surface area contributed by atoms with Crippen molar-refractivity contribution in [1.82, 2.24) is 10.2 Å². The van der Waals surface area contributed by atoms with Gasteiger partial charge in [-0.3, -0.25) is 9.69 Å². The third-order valence-electron chi connectivity index (χ3n) is 3.64. The Morgan fingerprint density at radius 1 is 1.45 bits per heavy atom. The van der Waals surface area contributed by atoms with Crippen molar-refractivity contribution in [2.24, 2.45) is 0 Å². The molecule has 0 bridgehead atoms. The Balaban J connectivity index is 1.90. The number of benzene rings is 1. The van der Waals surface area contributed by atoms with E-state index in [2.05, 4.69) is 32.2 Å². The standard InChI is InChI=1S/C15H21BrN2O2/c1-11(19)17-13-5-7-18(8-6-13)10-12-9-14(20-2)3-4-15(12)16/h3-4,9,13H,5-8,10H2,1-2H3,(H,17,19). The maximum atomic E-state index is 11.1. The van der Waals surface area contributed by atoms with Gasteiger partial charge in [-0.25, -0.2) is 0 Å². The van der Waals surface area contributed by atoms with Gasteiger partial charge in [0.15, 0.2) is 0 Å². The van der Waals surface area contributed by atoms with Gasteiger partial charge in [-0.05, 0) is 36.6 Å². The molecule has 1 aliphatic heterocycles. The molecule has 1 aromatic rings. The predicted octanol–water partition coefficient (Wildman–Crippen LogP) is 2.56. The van der Waals surface area contributed by atoms with Crippen molar-refractivity contribution in [3.8, 4) is 5.75 Å². The molecule has 20 heavy (non-hydrogen) atoms. The summed E-state index contributed by atoms with van der Waals surface area (Å²) < 4.78 is 6.39. The van der Waals surface area contributed by atoms with Crippen LogP contribution in [-0.2, 0) is 11.3 Å². The minimum atomic E-state index is 0.0685. The molecule has 2 rings (SSSR count). The lowest BCUT2D eigenvalue weighted by molar-refractivity contribution is -0.119. The van der Waals surface area contributed by atoms with Gasteiger partial charge < -0.3 is 10.1 Å². The van der Waals surface area contributed by atoms with E-state index in [0.717, 1.165) is 42.7 Å². The van der Waals surface area contributed by atoms with Crippen molar-refractivity contribution < 1.29 is 9.53 Å². The van der Waals surface area contributed by atoms with Crippen molar-refractivity contribution in [2.45, 2.75) is 32.4 Å². The number of piperidine rings is 1. The second-order valence-electron chi connectivity index (χ2n) is 5.21. The van der Waals surface area contributed by atoms with Crippen LogP contribution in [0.5, 0.6) is 5.75 Å². The molecule has 0 atom stereocenters. The summed E-state index contributed by atoms with van der Waals surface area (Å²) in [7, 11) is 1.69. The number of rotatable bonds is 4. The lowest BCUT2D eigenvalue weighted by Crippen LogP contribution is -2.43. The smallest absolute Gasteiger partial charge is 0.217 e. The van der Waals surface area contributed by atoms with Crippen molar-refractivity contribution in [3.63, 3.8) is 0 Å². The molecule has 110 valence electrons. The van der Waals surface area contributed by atoms with E-state index in [-0.39, 0.29) is 5.91 Å². The van der Waals surface area contributed by atoms with E-state index in [1.807, 2.05) is 12.1 Å². The quantitative estimate of drug-likeness (QED) is 0.915. The second kappa shape index (κ2) is 7.09. The zero-order valence-electron chi connectivity index (χ0n) is 12.0. The van der Waals surface area contributed by atoms with Gasteiger partial charge in [-0.1, -0.05) is 15.9 Å². The molecule has 1 amide bonds. The Morgan fingerprint density at radius 2 is 2.15 bits per heavy atom. The molecule has 4 nitrogen and oxygen atoms in total. The average molecular weight is 341 g/mol. The number of halogens is 1. The Bertz CT molecular complexity index is 471. The molecule has 0 aliphatic carbocycles. The highest BCUT2D eigenvalue weighted by Crippen LogP contribution is 2.25. The summed E-state index contributed by atoms with van der Waals surface area (Å²) in [6.07, 6.45) is 2.03. The van der Waals surface area contributed by atoms with Crippen LogP contribution in [0.2, 0.25) is 0 Å². The van der Waals surface area contributed by atoms with Crippen molar-refractivity contribution in [3.05, 3.63) is 28.2 Å². The van der Waals surface area contributed by atoms with Crippen LogP contribution in [0.4, 0.5) is 0 Å². The first-order chi connectivity index (χ1) is 9.58. The van der Waals surface area contributed by atoms with Crippen LogP contribution in [0.3, 0.4) is 0 Å². The summed E-state index contributed by atoms with van der Waals surface area (Å²) in [6, 6.07) is 6.39. The van der Waals surface area contributed by atoms with Gasteiger partial charge in [0.2, 0.25) is 5.91 Å². The van der Waals surface area contributed by atoms with E-state index in [4.69, 9.17) is 4.74 Å². The molecule has 1 saturated heterocycles. The first-order valence-electron chi connectivity index (χ1n) is 6.90. The summed E-state index contributed by atoms with van der Waals surface area (Å²) in [4.78, 5) is 13.5. The number of amides is 1. The molecule has 1 aliphatic rings. The first-order valence-corrected chi connectivity index (χ1v) is 7.69. The van der Waals surface area contributed by atoms with Crippen molar-refractivity contribution >= 4 is 21.8 Å². The molecular formula is C15H21BrN2O2. The van der Waals surface area contributed by atoms with E-state index in [9.17, 15) is 4.79 Å². The van der Waals surface area contributed by atoms with Gasteiger partial charge >= 0.3 is 0 Å². The monoisotopic (exact) mass is 340 g/mol. The largest absolute Gasteiger partial charge is 0.497 e. The maximum absolute atomic E-state index is 11.1. The number of hydrogen-bond acceptors (Lipinski definition) is 3. The maximum Gasteiger partial charge on any atom is 0.217 e. The number of hydrogen-bond donors (Lipinski definition) is 1. The number of ether oxygens (including phenoxy) is 1. The number of likely N-dealkylation sites (tertiary alicyclic amines) is 1. The van der Waals surface area contributed by atoms with Crippen LogP contribution in [0.25, 0.3) is 0 Å². The number of methoxy groups -OCH3 is 1. The fraction of sp³-hybridized carbons (Fsp3) is 0.533. The van der Waals surface area contributed by atoms with Crippen LogP contribution < -0.4 is 10.1 Å². The average Bonchev–Trinajstić information content (AvgIpc) is 2.43. The molecule has 0 saturated carbocycles. The fourth-order valence-corrected chi connectivity index (χ4v) is 2.94. The van der Waals surface area contributed by atoms with Crippen LogP contribution in [0.15, 0.2) is 22.7 Å². The van der Waals surface area contributed by atoms with Crippen LogP contribution in [0.1, 0.15) is 25.3 Å². The van der Waals surface area contributed by atoms with E-state index in [0.29, 0.717) is 6.04 Å². The SMILES string of the molecule is COc1ccc(Br)c(CN2CCC(NC(C)=O)CC2)c1. The highest BCUT2D eigenvalue weighted by Gasteiger charge is 2.20. The first kappa shape index (κ1) is 15.3. The normalized spacial score (nSPS) is 16.9. The molecule has 0 spiro atoms. The summed E-state index contributed by atoms with van der Waals surface area (Å²) in [5.41, 5.74) is 1.24. The Kier molecular flexibility index (Phi) is 5.43. The van der Waals surface area contributed by atoms with Crippen molar-refractivity contribution in [1.29, 1.82) is 0 Å². The Labute approximate surface area is 128 Å². The third-order valence-corrected chi connectivity index (χ3v) is 4.42. The number of carbonyl (C=O) groups is 1. The Morgan fingerprint density at radius 3 is 2.75 bits per heavy atom. The highest BCUT2D eigenvalue weighted by atomic mass is 79.9. The zero-order chi connectivity index (χ0) is 14.5.